The summed E-state index contributed by atoms with van der Waals surface area (Å²) in [7, 11) is 2.20. The van der Waals surface area contributed by atoms with Crippen LogP contribution in [-0.2, 0) is 13.0 Å². The fourth-order valence-corrected chi connectivity index (χ4v) is 3.67. The van der Waals surface area contributed by atoms with Crippen LogP contribution >= 0.6 is 11.3 Å². The maximum Gasteiger partial charge on any atom is 0.185 e. The molecule has 0 aliphatic carbocycles. The molecule has 0 bridgehead atoms. The number of nitrogens with one attached hydrogen (secondary N) is 1. The van der Waals surface area contributed by atoms with Crippen molar-refractivity contribution in [3.8, 4) is 0 Å². The lowest BCUT2D eigenvalue weighted by molar-refractivity contribution is 0.312. The van der Waals surface area contributed by atoms with Crippen molar-refractivity contribution in [2.75, 3.05) is 44.7 Å². The number of nitrogens with zero attached hydrogens (tertiary/aromatic N) is 3. The number of rotatable bonds is 7. The number of hydrogen-bond acceptors (Lipinski definition) is 5. The van der Waals surface area contributed by atoms with Gasteiger partial charge in [-0.2, -0.15) is 0 Å². The van der Waals surface area contributed by atoms with Crippen molar-refractivity contribution in [3.63, 3.8) is 0 Å². The monoisotopic (exact) mass is 310 g/mol. The molecule has 2 heterocycles. The Bertz CT molecular complexity index is 422. The van der Waals surface area contributed by atoms with E-state index >= 15 is 0 Å². The van der Waals surface area contributed by atoms with Crippen LogP contribution in [0.15, 0.2) is 0 Å². The maximum atomic E-state index is 4.93. The molecule has 0 atom stereocenters. The average Bonchev–Trinajstić information content (AvgIpc) is 2.83. The molecule has 1 aromatic heterocycles. The smallest absolute Gasteiger partial charge is 0.185 e. The molecule has 120 valence electrons. The molecule has 1 aliphatic heterocycles. The molecule has 0 amide bonds. The molecule has 0 aromatic carbocycles. The summed E-state index contributed by atoms with van der Waals surface area (Å²) < 4.78 is 0. The van der Waals surface area contributed by atoms with Crippen LogP contribution in [0.3, 0.4) is 0 Å². The van der Waals surface area contributed by atoms with Crippen LogP contribution in [0.4, 0.5) is 5.13 Å². The summed E-state index contributed by atoms with van der Waals surface area (Å²) in [4.78, 5) is 11.2. The van der Waals surface area contributed by atoms with Crippen LogP contribution in [0.25, 0.3) is 0 Å². The van der Waals surface area contributed by atoms with E-state index in [4.69, 9.17) is 4.98 Å². The molecular weight excluding hydrogens is 280 g/mol. The zero-order valence-electron chi connectivity index (χ0n) is 14.0. The van der Waals surface area contributed by atoms with E-state index in [2.05, 4.69) is 42.9 Å². The van der Waals surface area contributed by atoms with Gasteiger partial charge in [0.25, 0.3) is 0 Å². The normalized spacial score (nSPS) is 16.9. The molecule has 0 spiro atoms. The van der Waals surface area contributed by atoms with Crippen LogP contribution in [0.2, 0.25) is 0 Å². The van der Waals surface area contributed by atoms with Gasteiger partial charge in [-0.1, -0.05) is 27.2 Å². The minimum absolute atomic E-state index is 0.699. The predicted octanol–water partition coefficient (Wildman–Crippen LogP) is 2.59. The van der Waals surface area contributed by atoms with Gasteiger partial charge in [0.2, 0.25) is 0 Å². The highest BCUT2D eigenvalue weighted by atomic mass is 32.1. The van der Waals surface area contributed by atoms with Crippen LogP contribution in [0, 0.1) is 5.92 Å². The average molecular weight is 311 g/mol. The zero-order valence-corrected chi connectivity index (χ0v) is 14.8. The fourth-order valence-electron chi connectivity index (χ4n) is 2.55. The Kier molecular flexibility index (Phi) is 6.45. The Morgan fingerprint density at radius 2 is 1.95 bits per heavy atom. The van der Waals surface area contributed by atoms with Crippen LogP contribution in [0.1, 0.15) is 37.8 Å². The van der Waals surface area contributed by atoms with Gasteiger partial charge < -0.3 is 15.1 Å². The number of aromatic nitrogens is 1. The predicted molar refractivity (Wildman–Crippen MR) is 92.4 cm³/mol. The lowest BCUT2D eigenvalue weighted by Crippen LogP contribution is -2.44. The third-order valence-electron chi connectivity index (χ3n) is 3.87. The molecule has 0 saturated carbocycles. The van der Waals surface area contributed by atoms with E-state index in [1.54, 1.807) is 0 Å². The van der Waals surface area contributed by atoms with Crippen LogP contribution < -0.4 is 10.2 Å². The second-order valence-electron chi connectivity index (χ2n) is 6.43. The molecule has 1 N–H and O–H groups in total. The topological polar surface area (TPSA) is 31.4 Å². The van der Waals surface area contributed by atoms with Gasteiger partial charge in [0.15, 0.2) is 5.13 Å². The first-order valence-corrected chi connectivity index (χ1v) is 9.04. The zero-order chi connectivity index (χ0) is 15.2. The Morgan fingerprint density at radius 3 is 2.57 bits per heavy atom. The summed E-state index contributed by atoms with van der Waals surface area (Å²) in [5, 5.41) is 4.80. The third kappa shape index (κ3) is 4.94. The van der Waals surface area contributed by atoms with Crippen LogP contribution in [-0.4, -0.2) is 49.7 Å². The van der Waals surface area contributed by atoms with E-state index in [1.807, 2.05) is 11.3 Å². The lowest BCUT2D eigenvalue weighted by Gasteiger charge is -2.32. The number of aryl methyl sites for hydroxylation is 1. The maximum absolute atomic E-state index is 4.93. The molecule has 1 saturated heterocycles. The standard InChI is InChI=1S/C16H30N4S/c1-5-6-14-15(12-17-11-13(2)3)21-16(18-14)20-9-7-19(4)8-10-20/h13,17H,5-12H2,1-4H3. The second kappa shape index (κ2) is 8.11. The Hall–Kier alpha value is -0.650. The Balaban J connectivity index is 2.01. The third-order valence-corrected chi connectivity index (χ3v) is 5.02. The summed E-state index contributed by atoms with van der Waals surface area (Å²) >= 11 is 1.89. The molecule has 1 aromatic rings. The summed E-state index contributed by atoms with van der Waals surface area (Å²) in [6.45, 7) is 13.3. The van der Waals surface area contributed by atoms with Gasteiger partial charge in [0, 0.05) is 37.6 Å². The fraction of sp³-hybridized carbons (Fsp3) is 0.812. The summed E-state index contributed by atoms with van der Waals surface area (Å²) in [6, 6.07) is 0. The van der Waals surface area contributed by atoms with Crippen molar-refractivity contribution in [1.29, 1.82) is 0 Å². The molecule has 4 nitrogen and oxygen atoms in total. The Morgan fingerprint density at radius 1 is 1.24 bits per heavy atom. The minimum Gasteiger partial charge on any atom is -0.346 e. The highest BCUT2D eigenvalue weighted by Gasteiger charge is 2.19. The number of anilines is 1. The number of hydrogen-bond donors (Lipinski definition) is 1. The Labute approximate surface area is 133 Å². The van der Waals surface area contributed by atoms with Gasteiger partial charge >= 0.3 is 0 Å². The van der Waals surface area contributed by atoms with Crippen molar-refractivity contribution in [1.82, 2.24) is 15.2 Å². The molecule has 1 fully saturated rings. The van der Waals surface area contributed by atoms with Gasteiger partial charge in [-0.3, -0.25) is 0 Å². The minimum atomic E-state index is 0.699. The summed E-state index contributed by atoms with van der Waals surface area (Å²) in [5.41, 5.74) is 1.31. The van der Waals surface area contributed by atoms with Gasteiger partial charge in [-0.25, -0.2) is 4.98 Å². The van der Waals surface area contributed by atoms with Gasteiger partial charge in [0.1, 0.15) is 0 Å². The van der Waals surface area contributed by atoms with Gasteiger partial charge in [0.05, 0.1) is 5.69 Å². The SMILES string of the molecule is CCCc1nc(N2CCN(C)CC2)sc1CNCC(C)C. The summed E-state index contributed by atoms with van der Waals surface area (Å²) in [6.07, 6.45) is 2.27. The summed E-state index contributed by atoms with van der Waals surface area (Å²) in [5.74, 6) is 0.699. The van der Waals surface area contributed by atoms with Gasteiger partial charge in [-0.15, -0.1) is 11.3 Å². The molecule has 0 radical (unpaired) electrons. The van der Waals surface area contributed by atoms with E-state index in [1.165, 1.54) is 22.1 Å². The first-order valence-electron chi connectivity index (χ1n) is 8.23. The molecule has 2 rings (SSSR count). The van der Waals surface area contributed by atoms with Crippen molar-refractivity contribution < 1.29 is 0 Å². The highest BCUT2D eigenvalue weighted by Crippen LogP contribution is 2.28. The van der Waals surface area contributed by atoms with E-state index in [0.29, 0.717) is 5.92 Å². The quantitative estimate of drug-likeness (QED) is 0.839. The first kappa shape index (κ1) is 16.7. The van der Waals surface area contributed by atoms with E-state index in [0.717, 1.165) is 45.7 Å². The first-order chi connectivity index (χ1) is 10.1. The largest absolute Gasteiger partial charge is 0.346 e. The van der Waals surface area contributed by atoms with Crippen molar-refractivity contribution in [2.45, 2.75) is 40.2 Å². The van der Waals surface area contributed by atoms with E-state index < -0.39 is 0 Å². The number of likely N-dealkylation sites (N-methyl/N-ethyl adjacent to an activating group) is 1. The molecular formula is C16H30N4S. The highest BCUT2D eigenvalue weighted by molar-refractivity contribution is 7.15. The van der Waals surface area contributed by atoms with E-state index in [-0.39, 0.29) is 0 Å². The number of piperazine rings is 1. The molecule has 21 heavy (non-hydrogen) atoms. The van der Waals surface area contributed by atoms with Crippen molar-refractivity contribution in [3.05, 3.63) is 10.6 Å². The van der Waals surface area contributed by atoms with Gasteiger partial charge in [-0.05, 0) is 25.9 Å². The van der Waals surface area contributed by atoms with Crippen molar-refractivity contribution in [2.24, 2.45) is 5.92 Å². The molecule has 1 aliphatic rings. The number of thiazole rings is 1. The molecule has 0 unspecified atom stereocenters. The molecule has 5 heteroatoms. The van der Waals surface area contributed by atoms with Crippen molar-refractivity contribution >= 4 is 16.5 Å². The second-order valence-corrected chi connectivity index (χ2v) is 7.49. The van der Waals surface area contributed by atoms with E-state index in [9.17, 15) is 0 Å². The van der Waals surface area contributed by atoms with Crippen LogP contribution in [0.5, 0.6) is 0 Å². The lowest BCUT2D eigenvalue weighted by atomic mass is 10.2.